The van der Waals surface area contributed by atoms with Gasteiger partial charge in [0.2, 0.25) is 0 Å². The Bertz CT molecular complexity index is 442. The molecular weight excluding hydrogens is 304 g/mol. The number of thioether (sulfide) groups is 2. The van der Waals surface area contributed by atoms with Gasteiger partial charge in [0.1, 0.15) is 5.01 Å². The first-order chi connectivity index (χ1) is 9.81. The van der Waals surface area contributed by atoms with E-state index in [1.165, 1.54) is 46.3 Å². The molecule has 0 aromatic carbocycles. The molecule has 2 aliphatic rings. The number of hydrogen-bond donors (Lipinski definition) is 1. The van der Waals surface area contributed by atoms with Crippen LogP contribution in [0.4, 0.5) is 0 Å². The predicted octanol–water partition coefficient (Wildman–Crippen LogP) is 4.26. The lowest BCUT2D eigenvalue weighted by Crippen LogP contribution is -2.18. The number of rotatable bonds is 6. The van der Waals surface area contributed by atoms with Crippen LogP contribution in [0, 0.1) is 0 Å². The number of hydrogen-bond acceptors (Lipinski definition) is 5. The van der Waals surface area contributed by atoms with Gasteiger partial charge in [0.25, 0.3) is 0 Å². The van der Waals surface area contributed by atoms with E-state index in [4.69, 9.17) is 4.98 Å². The van der Waals surface area contributed by atoms with E-state index >= 15 is 0 Å². The molecule has 112 valence electrons. The zero-order valence-electron chi connectivity index (χ0n) is 12.4. The Morgan fingerprint density at radius 3 is 2.70 bits per heavy atom. The monoisotopic (exact) mass is 328 g/mol. The normalized spacial score (nSPS) is 26.9. The third kappa shape index (κ3) is 3.54. The molecule has 0 radical (unpaired) electrons. The molecule has 1 N–H and O–H groups in total. The summed E-state index contributed by atoms with van der Waals surface area (Å²) in [4.78, 5) is 6.48. The predicted molar refractivity (Wildman–Crippen MR) is 93.1 cm³/mol. The van der Waals surface area contributed by atoms with Crippen molar-refractivity contribution in [1.29, 1.82) is 0 Å². The highest BCUT2D eigenvalue weighted by Crippen LogP contribution is 2.45. The summed E-state index contributed by atoms with van der Waals surface area (Å²) in [6.07, 6.45) is 5.05. The quantitative estimate of drug-likeness (QED) is 0.843. The van der Waals surface area contributed by atoms with Crippen molar-refractivity contribution in [2.45, 2.75) is 62.6 Å². The van der Waals surface area contributed by atoms with E-state index in [1.54, 1.807) is 0 Å². The van der Waals surface area contributed by atoms with Gasteiger partial charge in [0, 0.05) is 34.2 Å². The summed E-state index contributed by atoms with van der Waals surface area (Å²) in [7, 11) is 0. The maximum absolute atomic E-state index is 4.99. The van der Waals surface area contributed by atoms with Crippen LogP contribution in [0.1, 0.15) is 53.9 Å². The average molecular weight is 329 g/mol. The Labute approximate surface area is 134 Å². The fourth-order valence-corrected chi connectivity index (χ4v) is 7.12. The van der Waals surface area contributed by atoms with Crippen LogP contribution in [0.5, 0.6) is 0 Å². The van der Waals surface area contributed by atoms with Gasteiger partial charge in [-0.05, 0) is 25.7 Å². The molecule has 2 atom stereocenters. The molecule has 2 unspecified atom stereocenters. The van der Waals surface area contributed by atoms with Crippen molar-refractivity contribution >= 4 is 34.9 Å². The Kier molecular flexibility index (Phi) is 5.34. The number of aromatic nitrogens is 1. The van der Waals surface area contributed by atoms with Gasteiger partial charge in [0.15, 0.2) is 0 Å². The highest BCUT2D eigenvalue weighted by molar-refractivity contribution is 8.06. The molecule has 1 aliphatic carbocycles. The van der Waals surface area contributed by atoms with E-state index in [-0.39, 0.29) is 0 Å². The zero-order chi connectivity index (χ0) is 13.9. The SMILES string of the molecule is CCc1nc(C2SCCSC2CC)sc1CNC1CC1. The Balaban J connectivity index is 1.74. The van der Waals surface area contributed by atoms with Crippen LogP contribution in [-0.4, -0.2) is 27.8 Å². The Morgan fingerprint density at radius 1 is 1.20 bits per heavy atom. The molecule has 1 saturated carbocycles. The molecule has 1 aromatic rings. The van der Waals surface area contributed by atoms with Crippen LogP contribution in [0.15, 0.2) is 0 Å². The molecular formula is C15H24N2S3. The smallest absolute Gasteiger partial charge is 0.107 e. The average Bonchev–Trinajstić information content (AvgIpc) is 3.23. The van der Waals surface area contributed by atoms with Crippen molar-refractivity contribution in [3.63, 3.8) is 0 Å². The van der Waals surface area contributed by atoms with E-state index in [9.17, 15) is 0 Å². The minimum atomic E-state index is 0.628. The van der Waals surface area contributed by atoms with Gasteiger partial charge in [-0.1, -0.05) is 13.8 Å². The largest absolute Gasteiger partial charge is 0.309 e. The first-order valence-electron chi connectivity index (χ1n) is 7.76. The lowest BCUT2D eigenvalue weighted by Gasteiger charge is -2.28. The second-order valence-electron chi connectivity index (χ2n) is 5.54. The number of aryl methyl sites for hydroxylation is 1. The minimum Gasteiger partial charge on any atom is -0.309 e. The summed E-state index contributed by atoms with van der Waals surface area (Å²) in [6, 6.07) is 0.785. The van der Waals surface area contributed by atoms with Gasteiger partial charge in [-0.15, -0.1) is 23.1 Å². The van der Waals surface area contributed by atoms with Crippen LogP contribution in [0.3, 0.4) is 0 Å². The van der Waals surface area contributed by atoms with Crippen LogP contribution >= 0.6 is 34.9 Å². The van der Waals surface area contributed by atoms with Gasteiger partial charge in [-0.3, -0.25) is 0 Å². The highest BCUT2D eigenvalue weighted by Gasteiger charge is 2.30. The van der Waals surface area contributed by atoms with Gasteiger partial charge in [-0.2, -0.15) is 11.8 Å². The lowest BCUT2D eigenvalue weighted by atomic mass is 10.2. The summed E-state index contributed by atoms with van der Waals surface area (Å²) < 4.78 is 0. The second-order valence-corrected chi connectivity index (χ2v) is 9.25. The van der Waals surface area contributed by atoms with Crippen molar-refractivity contribution < 1.29 is 0 Å². The third-order valence-corrected chi connectivity index (χ3v) is 8.54. The van der Waals surface area contributed by atoms with Crippen molar-refractivity contribution in [3.05, 3.63) is 15.6 Å². The lowest BCUT2D eigenvalue weighted by molar-refractivity contribution is 0.689. The molecule has 0 bridgehead atoms. The Morgan fingerprint density at radius 2 is 2.00 bits per heavy atom. The number of thiazole rings is 1. The van der Waals surface area contributed by atoms with E-state index in [0.717, 1.165) is 24.3 Å². The molecule has 0 spiro atoms. The number of nitrogens with one attached hydrogen (secondary N) is 1. The van der Waals surface area contributed by atoms with Crippen molar-refractivity contribution in [1.82, 2.24) is 10.3 Å². The molecule has 1 aromatic heterocycles. The van der Waals surface area contributed by atoms with Crippen LogP contribution < -0.4 is 5.32 Å². The highest BCUT2D eigenvalue weighted by atomic mass is 32.2. The van der Waals surface area contributed by atoms with E-state index in [1.807, 2.05) is 11.3 Å². The van der Waals surface area contributed by atoms with Gasteiger partial charge in [0.05, 0.1) is 10.9 Å². The summed E-state index contributed by atoms with van der Waals surface area (Å²) >= 11 is 6.24. The molecule has 0 amide bonds. The van der Waals surface area contributed by atoms with E-state index in [0.29, 0.717) is 5.25 Å². The van der Waals surface area contributed by atoms with Crippen molar-refractivity contribution in [2.75, 3.05) is 11.5 Å². The second kappa shape index (κ2) is 7.03. The topological polar surface area (TPSA) is 24.9 Å². The van der Waals surface area contributed by atoms with Gasteiger partial charge < -0.3 is 5.32 Å². The Hall–Kier alpha value is 0.290. The molecule has 2 heterocycles. The van der Waals surface area contributed by atoms with Crippen molar-refractivity contribution in [2.24, 2.45) is 0 Å². The van der Waals surface area contributed by atoms with Crippen LogP contribution in [0.25, 0.3) is 0 Å². The van der Waals surface area contributed by atoms with Gasteiger partial charge >= 0.3 is 0 Å². The molecule has 5 heteroatoms. The standard InChI is InChI=1S/C15H24N2S3/c1-3-11-13(9-16-10-5-6-10)20-15(17-11)14-12(4-2)18-7-8-19-14/h10,12,14,16H,3-9H2,1-2H3. The summed E-state index contributed by atoms with van der Waals surface area (Å²) in [5.74, 6) is 2.59. The summed E-state index contributed by atoms with van der Waals surface area (Å²) in [6.45, 7) is 5.59. The summed E-state index contributed by atoms with van der Waals surface area (Å²) in [5, 5.41) is 6.42. The molecule has 1 saturated heterocycles. The van der Waals surface area contributed by atoms with E-state index in [2.05, 4.69) is 42.7 Å². The van der Waals surface area contributed by atoms with Crippen molar-refractivity contribution in [3.8, 4) is 0 Å². The molecule has 1 aliphatic heterocycles. The third-order valence-electron chi connectivity index (χ3n) is 3.95. The first-order valence-corrected chi connectivity index (χ1v) is 10.7. The van der Waals surface area contributed by atoms with E-state index < -0.39 is 0 Å². The molecule has 2 nitrogen and oxygen atoms in total. The fraction of sp³-hybridized carbons (Fsp3) is 0.800. The summed E-state index contributed by atoms with van der Waals surface area (Å²) in [5.41, 5.74) is 1.34. The minimum absolute atomic E-state index is 0.628. The fourth-order valence-electron chi connectivity index (χ4n) is 2.60. The maximum Gasteiger partial charge on any atom is 0.107 e. The van der Waals surface area contributed by atoms with Crippen LogP contribution in [0.2, 0.25) is 0 Å². The van der Waals surface area contributed by atoms with Gasteiger partial charge in [-0.25, -0.2) is 4.98 Å². The first kappa shape index (κ1) is 15.2. The molecule has 2 fully saturated rings. The van der Waals surface area contributed by atoms with Crippen LogP contribution in [-0.2, 0) is 13.0 Å². The number of nitrogens with zero attached hydrogens (tertiary/aromatic N) is 1. The maximum atomic E-state index is 4.99. The molecule has 20 heavy (non-hydrogen) atoms. The zero-order valence-corrected chi connectivity index (χ0v) is 14.8. The molecule has 3 rings (SSSR count).